The third kappa shape index (κ3) is 4.92. The van der Waals surface area contributed by atoms with E-state index >= 15 is 0 Å². The van der Waals surface area contributed by atoms with E-state index in [1.165, 1.54) is 0 Å². The van der Waals surface area contributed by atoms with Crippen LogP contribution in [0.2, 0.25) is 10.2 Å². The molecule has 6 nitrogen and oxygen atoms in total. The predicted molar refractivity (Wildman–Crippen MR) is 122 cm³/mol. The van der Waals surface area contributed by atoms with Crippen molar-refractivity contribution in [1.82, 2.24) is 24.7 Å². The van der Waals surface area contributed by atoms with Crippen molar-refractivity contribution in [1.29, 1.82) is 0 Å². The van der Waals surface area contributed by atoms with Gasteiger partial charge in [0.2, 0.25) is 5.16 Å². The molecule has 0 N–H and O–H groups in total. The number of benzene rings is 2. The standard InChI is InChI=1S/C21H18Cl2N6S/c1-15-19(20(23)28(27-15)12-16-5-3-2-4-6-16)11-25-29-14-24-26-21(29)30-13-17-7-9-18(22)10-8-17/h2-11,14H,12-13H2,1H3/b25-11+. The third-order valence-electron chi connectivity index (χ3n) is 4.38. The Labute approximate surface area is 188 Å². The van der Waals surface area contributed by atoms with Crippen LogP contribution in [0.5, 0.6) is 0 Å². The number of nitrogens with zero attached hydrogens (tertiary/aromatic N) is 6. The number of aromatic nitrogens is 5. The van der Waals surface area contributed by atoms with Crippen LogP contribution < -0.4 is 0 Å². The summed E-state index contributed by atoms with van der Waals surface area (Å²) in [6.45, 7) is 2.51. The van der Waals surface area contributed by atoms with Crippen molar-refractivity contribution in [2.45, 2.75) is 24.4 Å². The third-order valence-corrected chi connectivity index (χ3v) is 6.03. The van der Waals surface area contributed by atoms with E-state index in [-0.39, 0.29) is 0 Å². The monoisotopic (exact) mass is 456 g/mol. The smallest absolute Gasteiger partial charge is 0.212 e. The Morgan fingerprint density at radius 1 is 1.03 bits per heavy atom. The summed E-state index contributed by atoms with van der Waals surface area (Å²) in [6.07, 6.45) is 3.26. The first-order valence-corrected chi connectivity index (χ1v) is 10.9. The van der Waals surface area contributed by atoms with Crippen LogP contribution in [-0.4, -0.2) is 30.9 Å². The number of hydrogen-bond donors (Lipinski definition) is 0. The first-order valence-electron chi connectivity index (χ1n) is 9.18. The van der Waals surface area contributed by atoms with Crippen molar-refractivity contribution in [3.8, 4) is 0 Å². The van der Waals surface area contributed by atoms with Crippen molar-refractivity contribution >= 4 is 41.2 Å². The van der Waals surface area contributed by atoms with Gasteiger partial charge in [0.15, 0.2) is 0 Å². The highest BCUT2D eigenvalue weighted by Gasteiger charge is 2.13. The van der Waals surface area contributed by atoms with Crippen molar-refractivity contribution in [2.75, 3.05) is 0 Å². The predicted octanol–water partition coefficient (Wildman–Crippen LogP) is 5.31. The van der Waals surface area contributed by atoms with Crippen molar-refractivity contribution in [3.63, 3.8) is 0 Å². The molecule has 0 aliphatic carbocycles. The van der Waals surface area contributed by atoms with Gasteiger partial charge in [0.1, 0.15) is 11.5 Å². The number of aryl methyl sites for hydroxylation is 1. The number of hydrogen-bond acceptors (Lipinski definition) is 5. The maximum Gasteiger partial charge on any atom is 0.212 e. The molecule has 0 amide bonds. The number of halogens is 2. The second kappa shape index (κ2) is 9.47. The zero-order chi connectivity index (χ0) is 20.9. The largest absolute Gasteiger partial charge is 0.249 e. The minimum atomic E-state index is 0.545. The zero-order valence-electron chi connectivity index (χ0n) is 16.1. The molecule has 2 heterocycles. The van der Waals surface area contributed by atoms with E-state index < -0.39 is 0 Å². The van der Waals surface area contributed by atoms with Crippen LogP contribution >= 0.6 is 35.0 Å². The van der Waals surface area contributed by atoms with Crippen LogP contribution in [0.15, 0.2) is 71.2 Å². The Balaban J connectivity index is 1.48. The molecule has 0 radical (unpaired) electrons. The van der Waals surface area contributed by atoms with Gasteiger partial charge in [0.05, 0.1) is 24.0 Å². The molecule has 0 aliphatic rings. The SMILES string of the molecule is Cc1nn(Cc2ccccc2)c(Cl)c1/C=N/n1cnnc1SCc1ccc(Cl)cc1. The zero-order valence-corrected chi connectivity index (χ0v) is 18.4. The maximum atomic E-state index is 6.57. The summed E-state index contributed by atoms with van der Waals surface area (Å²) >= 11 is 14.0. The highest BCUT2D eigenvalue weighted by atomic mass is 35.5. The summed E-state index contributed by atoms with van der Waals surface area (Å²) in [5.74, 6) is 0.736. The first-order chi connectivity index (χ1) is 14.6. The van der Waals surface area contributed by atoms with E-state index in [0.29, 0.717) is 16.9 Å². The molecule has 2 aromatic heterocycles. The molecule has 0 aliphatic heterocycles. The maximum absolute atomic E-state index is 6.57. The molecule has 0 unspecified atom stereocenters. The van der Waals surface area contributed by atoms with Crippen molar-refractivity contribution < 1.29 is 0 Å². The normalized spacial score (nSPS) is 11.4. The van der Waals surface area contributed by atoms with E-state index in [1.807, 2.05) is 61.5 Å². The van der Waals surface area contributed by atoms with Crippen LogP contribution in [0.25, 0.3) is 0 Å². The molecule has 152 valence electrons. The number of rotatable bonds is 7. The Morgan fingerprint density at radius 3 is 2.57 bits per heavy atom. The van der Waals surface area contributed by atoms with Gasteiger partial charge < -0.3 is 0 Å². The molecule has 0 saturated heterocycles. The molecule has 0 spiro atoms. The van der Waals surface area contributed by atoms with E-state index in [0.717, 1.165) is 33.2 Å². The lowest BCUT2D eigenvalue weighted by molar-refractivity contribution is 0.680. The fourth-order valence-electron chi connectivity index (χ4n) is 2.82. The van der Waals surface area contributed by atoms with Gasteiger partial charge in [-0.25, -0.2) is 4.68 Å². The van der Waals surface area contributed by atoms with Crippen molar-refractivity contribution in [3.05, 3.63) is 93.5 Å². The molecule has 30 heavy (non-hydrogen) atoms. The van der Waals surface area contributed by atoms with E-state index in [1.54, 1.807) is 33.7 Å². The fourth-order valence-corrected chi connectivity index (χ4v) is 4.05. The van der Waals surface area contributed by atoms with Crippen LogP contribution in [0.4, 0.5) is 0 Å². The van der Waals surface area contributed by atoms with Gasteiger partial charge in [-0.2, -0.15) is 14.9 Å². The summed E-state index contributed by atoms with van der Waals surface area (Å²) in [5, 5.41) is 19.1. The Morgan fingerprint density at radius 2 is 1.80 bits per heavy atom. The van der Waals surface area contributed by atoms with Gasteiger partial charge in [-0.05, 0) is 30.2 Å². The molecule has 0 saturated carbocycles. The highest BCUT2D eigenvalue weighted by Crippen LogP contribution is 2.23. The molecular weight excluding hydrogens is 439 g/mol. The van der Waals surface area contributed by atoms with E-state index in [4.69, 9.17) is 23.2 Å². The minimum Gasteiger partial charge on any atom is -0.249 e. The van der Waals surface area contributed by atoms with Gasteiger partial charge in [0, 0.05) is 10.8 Å². The lowest BCUT2D eigenvalue weighted by Crippen LogP contribution is -2.01. The van der Waals surface area contributed by atoms with Crippen molar-refractivity contribution in [2.24, 2.45) is 5.10 Å². The minimum absolute atomic E-state index is 0.545. The molecule has 0 bridgehead atoms. The summed E-state index contributed by atoms with van der Waals surface area (Å²) in [5.41, 5.74) is 3.85. The second-order valence-corrected chi connectivity index (χ2v) is 8.29. The molecule has 2 aromatic carbocycles. The van der Waals surface area contributed by atoms with Crippen LogP contribution in [0, 0.1) is 6.92 Å². The number of thioether (sulfide) groups is 1. The van der Waals surface area contributed by atoms with E-state index in [9.17, 15) is 0 Å². The van der Waals surface area contributed by atoms with Gasteiger partial charge in [-0.1, -0.05) is 77.4 Å². The van der Waals surface area contributed by atoms with E-state index in [2.05, 4.69) is 20.4 Å². The average molecular weight is 457 g/mol. The summed E-state index contributed by atoms with van der Waals surface area (Å²) in [6, 6.07) is 17.8. The molecule has 0 fully saturated rings. The van der Waals surface area contributed by atoms with Gasteiger partial charge >= 0.3 is 0 Å². The Bertz CT molecular complexity index is 1150. The lowest BCUT2D eigenvalue weighted by atomic mass is 10.2. The van der Waals surface area contributed by atoms with Gasteiger partial charge in [0.25, 0.3) is 0 Å². The van der Waals surface area contributed by atoms with Crippen LogP contribution in [-0.2, 0) is 12.3 Å². The fraction of sp³-hybridized carbons (Fsp3) is 0.143. The lowest BCUT2D eigenvalue weighted by Gasteiger charge is -2.03. The Hall–Kier alpha value is -2.61. The van der Waals surface area contributed by atoms with Crippen LogP contribution in [0.3, 0.4) is 0 Å². The molecule has 0 atom stereocenters. The average Bonchev–Trinajstić information content (AvgIpc) is 3.31. The molecule has 9 heteroatoms. The quantitative estimate of drug-likeness (QED) is 0.279. The first kappa shape index (κ1) is 20.7. The van der Waals surface area contributed by atoms with Gasteiger partial charge in [-0.3, -0.25) is 0 Å². The highest BCUT2D eigenvalue weighted by molar-refractivity contribution is 7.98. The molecule has 4 rings (SSSR count). The Kier molecular flexibility index (Phi) is 6.52. The summed E-state index contributed by atoms with van der Waals surface area (Å²) < 4.78 is 3.40. The van der Waals surface area contributed by atoms with Crippen LogP contribution in [0.1, 0.15) is 22.4 Å². The molecule has 4 aromatic rings. The summed E-state index contributed by atoms with van der Waals surface area (Å²) in [4.78, 5) is 0. The summed E-state index contributed by atoms with van der Waals surface area (Å²) in [7, 11) is 0. The molecular formula is C21H18Cl2N6S. The second-order valence-electron chi connectivity index (χ2n) is 6.55. The van der Waals surface area contributed by atoms with Gasteiger partial charge in [-0.15, -0.1) is 10.2 Å². The topological polar surface area (TPSA) is 60.9 Å².